The maximum atomic E-state index is 9.56. The van der Waals surface area contributed by atoms with Gasteiger partial charge in [0, 0.05) is 6.04 Å². The monoisotopic (exact) mass is 245 g/mol. The Morgan fingerprint density at radius 3 is 2.54 bits per heavy atom. The number of hydrogen-bond donors (Lipinski definition) is 3. The summed E-state index contributed by atoms with van der Waals surface area (Å²) in [6, 6.07) is 4.55. The van der Waals surface area contributed by atoms with Crippen LogP contribution in [0, 0.1) is 0 Å². The van der Waals surface area contributed by atoms with Crippen molar-refractivity contribution in [3.8, 4) is 5.75 Å². The normalized spacial score (nSPS) is 15.4. The van der Waals surface area contributed by atoms with Crippen molar-refractivity contribution in [1.29, 1.82) is 0 Å². The van der Waals surface area contributed by atoms with Gasteiger partial charge >= 0.3 is 0 Å². The van der Waals surface area contributed by atoms with Crippen LogP contribution in [-0.2, 0) is 0 Å². The summed E-state index contributed by atoms with van der Waals surface area (Å²) in [5.41, 5.74) is 6.13. The van der Waals surface area contributed by atoms with Gasteiger partial charge < -0.3 is 15.9 Å². The van der Waals surface area contributed by atoms with E-state index in [-0.39, 0.29) is 11.8 Å². The predicted octanol–water partition coefficient (Wildman–Crippen LogP) is 1.54. The van der Waals surface area contributed by atoms with E-state index < -0.39 is 6.10 Å². The third-order valence-electron chi connectivity index (χ3n) is 1.81. The van der Waals surface area contributed by atoms with Gasteiger partial charge in [-0.25, -0.2) is 0 Å². The van der Waals surface area contributed by atoms with Crippen LogP contribution in [0.5, 0.6) is 5.75 Å². The zero-order valence-electron chi connectivity index (χ0n) is 7.24. The number of aliphatic hydroxyl groups is 1. The summed E-state index contributed by atoms with van der Waals surface area (Å²) < 4.78 is 0.605. The lowest BCUT2D eigenvalue weighted by molar-refractivity contribution is 0.153. The zero-order valence-corrected chi connectivity index (χ0v) is 8.82. The summed E-state index contributed by atoms with van der Waals surface area (Å²) >= 11 is 3.15. The first-order chi connectivity index (χ1) is 6.02. The Bertz CT molecular complexity index is 302. The molecule has 3 nitrogen and oxygen atoms in total. The van der Waals surface area contributed by atoms with Crippen LogP contribution in [0.1, 0.15) is 18.6 Å². The summed E-state index contributed by atoms with van der Waals surface area (Å²) in [6.07, 6.45) is -0.737. The number of phenols is 1. The van der Waals surface area contributed by atoms with Crippen LogP contribution >= 0.6 is 15.9 Å². The van der Waals surface area contributed by atoms with Crippen LogP contribution in [0.25, 0.3) is 0 Å². The van der Waals surface area contributed by atoms with Gasteiger partial charge in [0.25, 0.3) is 0 Å². The fourth-order valence-corrected chi connectivity index (χ4v) is 1.26. The maximum Gasteiger partial charge on any atom is 0.130 e. The number of halogens is 1. The van der Waals surface area contributed by atoms with Crippen molar-refractivity contribution in [2.24, 2.45) is 5.73 Å². The number of benzene rings is 1. The third-order valence-corrected chi connectivity index (χ3v) is 2.48. The summed E-state index contributed by atoms with van der Waals surface area (Å²) in [5.74, 6) is 0.109. The molecule has 1 aromatic rings. The summed E-state index contributed by atoms with van der Waals surface area (Å²) in [5, 5.41) is 18.9. The third kappa shape index (κ3) is 2.43. The van der Waals surface area contributed by atoms with Crippen molar-refractivity contribution in [3.05, 3.63) is 28.2 Å². The van der Waals surface area contributed by atoms with Gasteiger partial charge in [0.05, 0.1) is 10.6 Å². The Morgan fingerprint density at radius 1 is 1.46 bits per heavy atom. The molecule has 1 aromatic carbocycles. The first-order valence-corrected chi connectivity index (χ1v) is 4.73. The molecule has 0 bridgehead atoms. The molecule has 0 heterocycles. The highest BCUT2D eigenvalue weighted by molar-refractivity contribution is 9.10. The highest BCUT2D eigenvalue weighted by Gasteiger charge is 2.13. The predicted molar refractivity (Wildman–Crippen MR) is 54.4 cm³/mol. The molecule has 13 heavy (non-hydrogen) atoms. The van der Waals surface area contributed by atoms with E-state index >= 15 is 0 Å². The highest BCUT2D eigenvalue weighted by atomic mass is 79.9. The van der Waals surface area contributed by atoms with E-state index in [0.717, 1.165) is 0 Å². The lowest BCUT2D eigenvalue weighted by Gasteiger charge is -2.15. The zero-order chi connectivity index (χ0) is 10.0. The van der Waals surface area contributed by atoms with Crippen molar-refractivity contribution in [3.63, 3.8) is 0 Å². The number of nitrogens with two attached hydrogens (primary N) is 1. The second kappa shape index (κ2) is 4.09. The second-order valence-corrected chi connectivity index (χ2v) is 3.87. The first-order valence-electron chi connectivity index (χ1n) is 3.94. The van der Waals surface area contributed by atoms with Gasteiger partial charge in [-0.05, 0) is 40.5 Å². The van der Waals surface area contributed by atoms with E-state index in [9.17, 15) is 10.2 Å². The summed E-state index contributed by atoms with van der Waals surface area (Å²) in [4.78, 5) is 0. The Balaban J connectivity index is 2.97. The summed E-state index contributed by atoms with van der Waals surface area (Å²) in [6.45, 7) is 1.71. The molecule has 4 heteroatoms. The molecule has 0 radical (unpaired) electrons. The van der Waals surface area contributed by atoms with Gasteiger partial charge in [0.1, 0.15) is 5.75 Å². The number of aliphatic hydroxyl groups excluding tert-OH is 1. The van der Waals surface area contributed by atoms with Gasteiger partial charge in [-0.3, -0.25) is 0 Å². The van der Waals surface area contributed by atoms with Crippen LogP contribution < -0.4 is 5.73 Å². The minimum Gasteiger partial charge on any atom is -0.507 e. The molecule has 0 aromatic heterocycles. The van der Waals surface area contributed by atoms with Gasteiger partial charge in [-0.1, -0.05) is 6.07 Å². The van der Waals surface area contributed by atoms with Crippen molar-refractivity contribution < 1.29 is 10.2 Å². The molecule has 0 saturated heterocycles. The maximum absolute atomic E-state index is 9.56. The van der Waals surface area contributed by atoms with Crippen molar-refractivity contribution in [1.82, 2.24) is 0 Å². The van der Waals surface area contributed by atoms with Crippen LogP contribution in [0.3, 0.4) is 0 Å². The topological polar surface area (TPSA) is 66.5 Å². The molecule has 2 unspecified atom stereocenters. The van der Waals surface area contributed by atoms with Crippen LogP contribution in [0.15, 0.2) is 22.7 Å². The first kappa shape index (κ1) is 10.5. The number of phenolic OH excluding ortho intramolecular Hbond substituents is 1. The van der Waals surface area contributed by atoms with Crippen LogP contribution in [0.2, 0.25) is 0 Å². The second-order valence-electron chi connectivity index (χ2n) is 3.01. The smallest absolute Gasteiger partial charge is 0.130 e. The highest BCUT2D eigenvalue weighted by Crippen LogP contribution is 2.27. The largest absolute Gasteiger partial charge is 0.507 e. The average Bonchev–Trinajstić information content (AvgIpc) is 2.08. The molecule has 0 fully saturated rings. The van der Waals surface area contributed by atoms with Gasteiger partial charge in [0.15, 0.2) is 0 Å². The summed E-state index contributed by atoms with van der Waals surface area (Å²) in [7, 11) is 0. The Kier molecular flexibility index (Phi) is 3.30. The van der Waals surface area contributed by atoms with E-state index in [1.54, 1.807) is 19.1 Å². The number of aromatic hydroxyl groups is 1. The fraction of sp³-hybridized carbons (Fsp3) is 0.333. The molecule has 0 aliphatic carbocycles. The Morgan fingerprint density at radius 2 is 2.08 bits per heavy atom. The molecule has 0 aliphatic rings. The van der Waals surface area contributed by atoms with Crippen LogP contribution in [0.4, 0.5) is 0 Å². The van der Waals surface area contributed by atoms with E-state index in [1.807, 2.05) is 0 Å². The minimum absolute atomic E-state index is 0.109. The SMILES string of the molecule is CC(N)C(O)c1ccc(Br)c(O)c1. The van der Waals surface area contributed by atoms with Crippen molar-refractivity contribution in [2.75, 3.05) is 0 Å². The Hall–Kier alpha value is -0.580. The van der Waals surface area contributed by atoms with Gasteiger partial charge in [-0.15, -0.1) is 0 Å². The molecule has 0 aliphatic heterocycles. The van der Waals surface area contributed by atoms with E-state index in [2.05, 4.69) is 15.9 Å². The van der Waals surface area contributed by atoms with E-state index in [0.29, 0.717) is 10.0 Å². The van der Waals surface area contributed by atoms with Crippen molar-refractivity contribution >= 4 is 15.9 Å². The van der Waals surface area contributed by atoms with E-state index in [1.165, 1.54) is 6.07 Å². The molecule has 72 valence electrons. The molecule has 1 rings (SSSR count). The molecule has 0 spiro atoms. The lowest BCUT2D eigenvalue weighted by Crippen LogP contribution is -2.24. The van der Waals surface area contributed by atoms with Crippen molar-refractivity contribution in [2.45, 2.75) is 19.1 Å². The average molecular weight is 246 g/mol. The van der Waals surface area contributed by atoms with Gasteiger partial charge in [0.2, 0.25) is 0 Å². The molecule has 0 amide bonds. The standard InChI is InChI=1S/C9H12BrNO2/c1-5(11)9(13)6-2-3-7(10)8(12)4-6/h2-5,9,12-13H,11H2,1H3. The van der Waals surface area contributed by atoms with Crippen LogP contribution in [-0.4, -0.2) is 16.3 Å². The fourth-order valence-electron chi connectivity index (χ4n) is 1.02. The molecular weight excluding hydrogens is 234 g/mol. The number of hydrogen-bond acceptors (Lipinski definition) is 3. The quantitative estimate of drug-likeness (QED) is 0.741. The molecule has 0 saturated carbocycles. The molecule has 4 N–H and O–H groups in total. The van der Waals surface area contributed by atoms with Gasteiger partial charge in [-0.2, -0.15) is 0 Å². The Labute approximate surface area is 85.3 Å². The lowest BCUT2D eigenvalue weighted by atomic mass is 10.0. The van der Waals surface area contributed by atoms with E-state index in [4.69, 9.17) is 5.73 Å². The molecule has 2 atom stereocenters. The number of rotatable bonds is 2. The minimum atomic E-state index is -0.737. The molecular formula is C9H12BrNO2.